The zero-order valence-electron chi connectivity index (χ0n) is 16.0. The Bertz CT molecular complexity index is 849. The second-order valence-electron chi connectivity index (χ2n) is 8.05. The summed E-state index contributed by atoms with van der Waals surface area (Å²) in [5.41, 5.74) is 3.88. The summed E-state index contributed by atoms with van der Waals surface area (Å²) in [6.07, 6.45) is 10.3. The van der Waals surface area contributed by atoms with Gasteiger partial charge in [-0.3, -0.25) is 9.69 Å². The number of anilines is 1. The molecule has 1 aliphatic heterocycles. The Labute approximate surface area is 164 Å². The zero-order chi connectivity index (χ0) is 18.4. The van der Waals surface area contributed by atoms with E-state index in [4.69, 9.17) is 4.98 Å². The summed E-state index contributed by atoms with van der Waals surface area (Å²) in [4.78, 5) is 25.9. The van der Waals surface area contributed by atoms with Gasteiger partial charge in [0.1, 0.15) is 5.82 Å². The number of likely N-dealkylation sites (tertiary alicyclic amines) is 1. The third-order valence-electron chi connectivity index (χ3n) is 6.26. The van der Waals surface area contributed by atoms with Crippen LogP contribution < -0.4 is 5.32 Å². The third kappa shape index (κ3) is 3.21. The van der Waals surface area contributed by atoms with Crippen molar-refractivity contribution in [2.45, 2.75) is 63.8 Å². The first-order valence-electron chi connectivity index (χ1n) is 10.3. The van der Waals surface area contributed by atoms with Gasteiger partial charge < -0.3 is 9.88 Å². The molecule has 3 aliphatic rings. The van der Waals surface area contributed by atoms with Gasteiger partial charge in [0, 0.05) is 17.6 Å². The molecule has 3 heterocycles. The van der Waals surface area contributed by atoms with Crippen LogP contribution in [0.3, 0.4) is 0 Å². The van der Waals surface area contributed by atoms with E-state index in [1.54, 1.807) is 11.3 Å². The van der Waals surface area contributed by atoms with E-state index in [0.29, 0.717) is 6.54 Å². The van der Waals surface area contributed by atoms with Crippen molar-refractivity contribution in [3.63, 3.8) is 0 Å². The van der Waals surface area contributed by atoms with E-state index in [-0.39, 0.29) is 11.9 Å². The highest BCUT2D eigenvalue weighted by atomic mass is 32.1. The largest absolute Gasteiger partial charge is 0.334 e. The summed E-state index contributed by atoms with van der Waals surface area (Å²) in [6.45, 7) is 1.39. The summed E-state index contributed by atoms with van der Waals surface area (Å²) in [5, 5.41) is 3.80. The van der Waals surface area contributed by atoms with Crippen molar-refractivity contribution in [1.82, 2.24) is 19.4 Å². The quantitative estimate of drug-likeness (QED) is 0.879. The molecule has 2 aromatic heterocycles. The second kappa shape index (κ2) is 7.02. The average Bonchev–Trinajstić information content (AvgIpc) is 3.39. The molecule has 144 valence electrons. The van der Waals surface area contributed by atoms with E-state index in [0.717, 1.165) is 56.0 Å². The topological polar surface area (TPSA) is 63.1 Å². The van der Waals surface area contributed by atoms with Crippen molar-refractivity contribution >= 4 is 22.4 Å². The number of fused-ring (bicyclic) bond motifs is 2. The molecule has 0 radical (unpaired) electrons. The van der Waals surface area contributed by atoms with Gasteiger partial charge in [0.2, 0.25) is 5.91 Å². The second-order valence-corrected chi connectivity index (χ2v) is 9.13. The van der Waals surface area contributed by atoms with E-state index < -0.39 is 0 Å². The van der Waals surface area contributed by atoms with Crippen LogP contribution in [-0.4, -0.2) is 38.4 Å². The van der Waals surface area contributed by atoms with Gasteiger partial charge in [-0.05, 0) is 64.3 Å². The number of nitrogens with one attached hydrogen (secondary N) is 1. The number of imidazole rings is 1. The molecule has 2 aliphatic carbocycles. The Kier molecular flexibility index (Phi) is 4.52. The number of rotatable bonds is 4. The smallest absolute Gasteiger partial charge is 0.240 e. The summed E-state index contributed by atoms with van der Waals surface area (Å²) in [7, 11) is 2.15. The molecule has 1 N–H and O–H groups in total. The Morgan fingerprint density at radius 3 is 2.81 bits per heavy atom. The van der Waals surface area contributed by atoms with Crippen LogP contribution in [0.15, 0.2) is 0 Å². The van der Waals surface area contributed by atoms with Crippen LogP contribution in [0.4, 0.5) is 5.13 Å². The first-order valence-corrected chi connectivity index (χ1v) is 11.1. The highest BCUT2D eigenvalue weighted by molar-refractivity contribution is 7.15. The predicted molar refractivity (Wildman–Crippen MR) is 106 cm³/mol. The lowest BCUT2D eigenvalue weighted by atomic mass is 10.0. The van der Waals surface area contributed by atoms with Crippen LogP contribution in [0.1, 0.15) is 65.9 Å². The van der Waals surface area contributed by atoms with Crippen LogP contribution in [0.25, 0.3) is 0 Å². The van der Waals surface area contributed by atoms with Gasteiger partial charge in [-0.15, -0.1) is 11.3 Å². The van der Waals surface area contributed by atoms with Gasteiger partial charge in [0.25, 0.3) is 0 Å². The van der Waals surface area contributed by atoms with Crippen molar-refractivity contribution in [3.8, 4) is 0 Å². The standard InChI is InChI=1S/C20H27N5OS/c1-24-15-8-3-2-6-13(15)21-19(24)16-9-5-11-25(16)12-18(26)23-20-22-14-7-4-10-17(14)27-20/h16H,2-12H2,1H3,(H,22,23,26). The van der Waals surface area contributed by atoms with Gasteiger partial charge in [0.15, 0.2) is 5.13 Å². The first kappa shape index (κ1) is 17.4. The molecule has 2 aromatic rings. The van der Waals surface area contributed by atoms with Gasteiger partial charge >= 0.3 is 0 Å². The van der Waals surface area contributed by atoms with Crippen LogP contribution in [-0.2, 0) is 37.5 Å². The number of carbonyl (C=O) groups is 1. The van der Waals surface area contributed by atoms with Crippen molar-refractivity contribution < 1.29 is 4.79 Å². The van der Waals surface area contributed by atoms with E-state index in [2.05, 4.69) is 26.8 Å². The fourth-order valence-electron chi connectivity index (χ4n) is 4.90. The number of amides is 1. The molecule has 0 aromatic carbocycles. The summed E-state index contributed by atoms with van der Waals surface area (Å²) in [6, 6.07) is 0.257. The monoisotopic (exact) mass is 385 g/mol. The third-order valence-corrected chi connectivity index (χ3v) is 7.33. The van der Waals surface area contributed by atoms with Crippen molar-refractivity contribution in [2.24, 2.45) is 7.05 Å². The minimum atomic E-state index is 0.0493. The summed E-state index contributed by atoms with van der Waals surface area (Å²) >= 11 is 1.65. The fourth-order valence-corrected chi connectivity index (χ4v) is 5.97. The molecule has 1 saturated heterocycles. The molecule has 27 heavy (non-hydrogen) atoms. The number of thiazole rings is 1. The molecule has 0 bridgehead atoms. The van der Waals surface area contributed by atoms with Crippen molar-refractivity contribution in [3.05, 3.63) is 27.8 Å². The molecule has 1 atom stereocenters. The number of hydrogen-bond acceptors (Lipinski definition) is 5. The normalized spacial score (nSPS) is 22.0. The van der Waals surface area contributed by atoms with Gasteiger partial charge in [-0.1, -0.05) is 0 Å². The maximum absolute atomic E-state index is 12.6. The fraction of sp³-hybridized carbons (Fsp3) is 0.650. The van der Waals surface area contributed by atoms with Crippen LogP contribution in [0.2, 0.25) is 0 Å². The lowest BCUT2D eigenvalue weighted by Gasteiger charge is -2.23. The van der Waals surface area contributed by atoms with Crippen LogP contribution >= 0.6 is 11.3 Å². The SMILES string of the molecule is Cn1c(C2CCCN2CC(=O)Nc2nc3c(s2)CCC3)nc2c1CCCC2. The number of hydrogen-bond donors (Lipinski definition) is 1. The molecule has 5 rings (SSSR count). The molecule has 6 nitrogen and oxygen atoms in total. The highest BCUT2D eigenvalue weighted by Crippen LogP contribution is 2.34. The van der Waals surface area contributed by atoms with E-state index in [1.807, 2.05) is 0 Å². The molecular formula is C20H27N5OS. The maximum Gasteiger partial charge on any atom is 0.240 e. The molecule has 0 saturated carbocycles. The Morgan fingerprint density at radius 2 is 1.96 bits per heavy atom. The van der Waals surface area contributed by atoms with E-state index in [1.165, 1.54) is 41.2 Å². The molecule has 0 spiro atoms. The van der Waals surface area contributed by atoms with Gasteiger partial charge in [-0.2, -0.15) is 0 Å². The molecule has 7 heteroatoms. The Balaban J connectivity index is 1.28. The van der Waals surface area contributed by atoms with Gasteiger partial charge in [0.05, 0.1) is 24.0 Å². The maximum atomic E-state index is 12.6. The minimum absolute atomic E-state index is 0.0493. The van der Waals surface area contributed by atoms with Crippen LogP contribution in [0.5, 0.6) is 0 Å². The summed E-state index contributed by atoms with van der Waals surface area (Å²) in [5.74, 6) is 1.20. The number of carbonyl (C=O) groups excluding carboxylic acids is 1. The number of aromatic nitrogens is 3. The predicted octanol–water partition coefficient (Wildman–Crippen LogP) is 3.02. The molecule has 1 fully saturated rings. The minimum Gasteiger partial charge on any atom is -0.334 e. The van der Waals surface area contributed by atoms with Gasteiger partial charge in [-0.25, -0.2) is 9.97 Å². The summed E-state index contributed by atoms with van der Waals surface area (Å²) < 4.78 is 2.31. The average molecular weight is 386 g/mol. The molecule has 1 unspecified atom stereocenters. The number of nitrogens with zero attached hydrogens (tertiary/aromatic N) is 4. The highest BCUT2D eigenvalue weighted by Gasteiger charge is 2.32. The van der Waals surface area contributed by atoms with Crippen molar-refractivity contribution in [1.29, 1.82) is 0 Å². The Hall–Kier alpha value is -1.73. The lowest BCUT2D eigenvalue weighted by molar-refractivity contribution is -0.117. The molecular weight excluding hydrogens is 358 g/mol. The molecule has 1 amide bonds. The Morgan fingerprint density at radius 1 is 1.11 bits per heavy atom. The zero-order valence-corrected chi connectivity index (χ0v) is 16.8. The van der Waals surface area contributed by atoms with Crippen LogP contribution in [0, 0.1) is 0 Å². The van der Waals surface area contributed by atoms with Crippen molar-refractivity contribution in [2.75, 3.05) is 18.4 Å². The van der Waals surface area contributed by atoms with E-state index >= 15 is 0 Å². The number of aryl methyl sites for hydroxylation is 3. The first-order chi connectivity index (χ1) is 13.2. The lowest BCUT2D eigenvalue weighted by Crippen LogP contribution is -2.34. The van der Waals surface area contributed by atoms with E-state index in [9.17, 15) is 4.79 Å².